The van der Waals surface area contributed by atoms with Gasteiger partial charge in [0.05, 0.1) is 11.5 Å². The van der Waals surface area contributed by atoms with Crippen LogP contribution in [-0.2, 0) is 4.79 Å². The highest BCUT2D eigenvalue weighted by Gasteiger charge is 2.12. The molecular weight excluding hydrogens is 266 g/mol. The van der Waals surface area contributed by atoms with Gasteiger partial charge in [-0.15, -0.1) is 0 Å². The maximum Gasteiger partial charge on any atom is 0.226 e. The highest BCUT2D eigenvalue weighted by molar-refractivity contribution is 5.91. The Morgan fingerprint density at radius 2 is 2.24 bits per heavy atom. The number of rotatable bonds is 7. The summed E-state index contributed by atoms with van der Waals surface area (Å²) in [6, 6.07) is 0. The number of H-pyrrole nitrogens is 1. The number of allylic oxidation sites excluding steroid dienone is 1. The zero-order valence-corrected chi connectivity index (χ0v) is 12.7. The summed E-state index contributed by atoms with van der Waals surface area (Å²) < 4.78 is 5.85. The largest absolute Gasteiger partial charge is 0.474 e. The van der Waals surface area contributed by atoms with E-state index in [4.69, 9.17) is 4.74 Å². The van der Waals surface area contributed by atoms with Crippen LogP contribution < -0.4 is 4.74 Å². The lowest BCUT2D eigenvalue weighted by Crippen LogP contribution is -2.11. The topological polar surface area (TPSA) is 67.9 Å². The predicted octanol–water partition coefficient (Wildman–Crippen LogP) is 3.52. The molecule has 2 aromatic rings. The lowest BCUT2D eigenvalue weighted by Gasteiger charge is -2.12. The van der Waals surface area contributed by atoms with Crippen LogP contribution in [0.2, 0.25) is 0 Å². The van der Waals surface area contributed by atoms with Gasteiger partial charge in [0.15, 0.2) is 0 Å². The lowest BCUT2D eigenvalue weighted by atomic mass is 10.1. The fourth-order valence-electron chi connectivity index (χ4n) is 1.91. The third kappa shape index (κ3) is 3.68. The molecule has 0 aliphatic rings. The van der Waals surface area contributed by atoms with E-state index in [2.05, 4.69) is 21.9 Å². The summed E-state index contributed by atoms with van der Waals surface area (Å²) in [5.41, 5.74) is 1.68. The molecule has 0 fully saturated rings. The second kappa shape index (κ2) is 7.02. The molecule has 1 N–H and O–H groups in total. The number of ether oxygens (including phenoxy) is 1. The molecule has 0 spiro atoms. The van der Waals surface area contributed by atoms with Crippen molar-refractivity contribution in [1.82, 2.24) is 15.0 Å². The van der Waals surface area contributed by atoms with E-state index in [1.165, 1.54) is 6.33 Å². The fourth-order valence-corrected chi connectivity index (χ4v) is 1.91. The molecule has 1 unspecified atom stereocenters. The van der Waals surface area contributed by atoms with Crippen LogP contribution in [0.25, 0.3) is 17.1 Å². The summed E-state index contributed by atoms with van der Waals surface area (Å²) in [7, 11) is 0. The monoisotopic (exact) mass is 287 g/mol. The first kappa shape index (κ1) is 15.2. The van der Waals surface area contributed by atoms with E-state index in [0.717, 1.165) is 23.0 Å². The maximum atomic E-state index is 11.3. The molecule has 1 atom stereocenters. The van der Waals surface area contributed by atoms with Gasteiger partial charge in [-0.05, 0) is 13.3 Å². The number of fused-ring (bicyclic) bond motifs is 1. The SMILES string of the molecule is CCC(=O)C/C=C/c1c[nH]c2ncnc(OC(C)CC)c12. The normalized spacial score (nSPS) is 12.9. The molecule has 112 valence electrons. The van der Waals surface area contributed by atoms with Crippen LogP contribution in [0.1, 0.15) is 45.6 Å². The Morgan fingerprint density at radius 1 is 1.43 bits per heavy atom. The van der Waals surface area contributed by atoms with Gasteiger partial charge in [0, 0.05) is 24.6 Å². The number of carbonyl (C=O) groups excluding carboxylic acids is 1. The first-order valence-corrected chi connectivity index (χ1v) is 7.32. The van der Waals surface area contributed by atoms with Gasteiger partial charge in [0.1, 0.15) is 17.8 Å². The molecule has 0 saturated carbocycles. The Labute approximate surface area is 124 Å². The van der Waals surface area contributed by atoms with Gasteiger partial charge in [0.2, 0.25) is 5.88 Å². The molecule has 0 saturated heterocycles. The second-order valence-electron chi connectivity index (χ2n) is 4.98. The standard InChI is InChI=1S/C16H21N3O2/c1-4-11(3)21-16-14-12(7-6-8-13(20)5-2)9-17-15(14)18-10-19-16/h6-7,9-11H,4-5,8H2,1-3H3,(H,17,18,19)/b7-6+. The number of carbonyl (C=O) groups is 1. The van der Waals surface area contributed by atoms with Crippen molar-refractivity contribution in [3.63, 3.8) is 0 Å². The zero-order chi connectivity index (χ0) is 15.2. The highest BCUT2D eigenvalue weighted by Crippen LogP contribution is 2.27. The Hall–Kier alpha value is -2.17. The minimum Gasteiger partial charge on any atom is -0.474 e. The van der Waals surface area contributed by atoms with Crippen LogP contribution in [-0.4, -0.2) is 26.8 Å². The molecule has 0 radical (unpaired) electrons. The molecule has 2 rings (SSSR count). The molecule has 0 aliphatic heterocycles. The molecule has 0 aliphatic carbocycles. The van der Waals surface area contributed by atoms with E-state index >= 15 is 0 Å². The summed E-state index contributed by atoms with van der Waals surface area (Å²) in [5, 5.41) is 0.859. The molecule has 21 heavy (non-hydrogen) atoms. The first-order valence-electron chi connectivity index (χ1n) is 7.32. The van der Waals surface area contributed by atoms with E-state index in [0.29, 0.717) is 18.7 Å². The van der Waals surface area contributed by atoms with E-state index in [-0.39, 0.29) is 11.9 Å². The minimum atomic E-state index is 0.0940. The minimum absolute atomic E-state index is 0.0940. The number of ketones is 1. The van der Waals surface area contributed by atoms with Crippen molar-refractivity contribution in [3.05, 3.63) is 24.2 Å². The van der Waals surface area contributed by atoms with Crippen molar-refractivity contribution in [3.8, 4) is 5.88 Å². The Morgan fingerprint density at radius 3 is 2.95 bits per heavy atom. The molecule has 2 heterocycles. The van der Waals surface area contributed by atoms with Crippen LogP contribution in [0.15, 0.2) is 18.6 Å². The number of nitrogens with zero attached hydrogens (tertiary/aromatic N) is 2. The summed E-state index contributed by atoms with van der Waals surface area (Å²) >= 11 is 0. The van der Waals surface area contributed by atoms with Crippen molar-refractivity contribution in [1.29, 1.82) is 0 Å². The average Bonchev–Trinajstić information content (AvgIpc) is 2.91. The van der Waals surface area contributed by atoms with Gasteiger partial charge in [-0.3, -0.25) is 4.79 Å². The van der Waals surface area contributed by atoms with Gasteiger partial charge in [0.25, 0.3) is 0 Å². The molecule has 0 amide bonds. The average molecular weight is 287 g/mol. The summed E-state index contributed by atoms with van der Waals surface area (Å²) in [4.78, 5) is 22.9. The molecule has 2 aromatic heterocycles. The van der Waals surface area contributed by atoms with E-state index in [9.17, 15) is 4.79 Å². The smallest absolute Gasteiger partial charge is 0.226 e. The summed E-state index contributed by atoms with van der Waals surface area (Å²) in [5.74, 6) is 0.801. The number of hydrogen-bond acceptors (Lipinski definition) is 4. The molecule has 0 aromatic carbocycles. The maximum absolute atomic E-state index is 11.3. The number of Topliss-reactive ketones (excluding diaryl/α,β-unsaturated/α-hetero) is 1. The van der Waals surface area contributed by atoms with Gasteiger partial charge < -0.3 is 9.72 Å². The number of hydrogen-bond donors (Lipinski definition) is 1. The zero-order valence-electron chi connectivity index (χ0n) is 12.7. The lowest BCUT2D eigenvalue weighted by molar-refractivity contribution is -0.117. The molecule has 0 bridgehead atoms. The van der Waals surface area contributed by atoms with Crippen LogP contribution in [0, 0.1) is 0 Å². The van der Waals surface area contributed by atoms with Crippen LogP contribution >= 0.6 is 0 Å². The third-order valence-electron chi connectivity index (χ3n) is 3.39. The van der Waals surface area contributed by atoms with Crippen molar-refractivity contribution in [2.75, 3.05) is 0 Å². The fraction of sp³-hybridized carbons (Fsp3) is 0.438. The number of aromatic amines is 1. The Kier molecular flexibility index (Phi) is 5.09. The van der Waals surface area contributed by atoms with E-state index in [1.54, 1.807) is 0 Å². The van der Waals surface area contributed by atoms with Gasteiger partial charge in [-0.25, -0.2) is 9.97 Å². The van der Waals surface area contributed by atoms with Crippen LogP contribution in [0.4, 0.5) is 0 Å². The van der Waals surface area contributed by atoms with E-state index in [1.807, 2.05) is 32.2 Å². The van der Waals surface area contributed by atoms with Crippen molar-refractivity contribution < 1.29 is 9.53 Å². The van der Waals surface area contributed by atoms with Gasteiger partial charge >= 0.3 is 0 Å². The predicted molar refractivity (Wildman–Crippen MR) is 83.2 cm³/mol. The first-order chi connectivity index (χ1) is 10.2. The Balaban J connectivity index is 2.30. The number of nitrogens with one attached hydrogen (secondary N) is 1. The van der Waals surface area contributed by atoms with Gasteiger partial charge in [-0.1, -0.05) is 26.0 Å². The second-order valence-corrected chi connectivity index (χ2v) is 4.98. The van der Waals surface area contributed by atoms with Gasteiger partial charge in [-0.2, -0.15) is 0 Å². The Bertz CT molecular complexity index is 646. The third-order valence-corrected chi connectivity index (χ3v) is 3.39. The van der Waals surface area contributed by atoms with E-state index < -0.39 is 0 Å². The summed E-state index contributed by atoms with van der Waals surface area (Å²) in [6.45, 7) is 5.95. The van der Waals surface area contributed by atoms with Crippen LogP contribution in [0.3, 0.4) is 0 Å². The molecule has 5 nitrogen and oxygen atoms in total. The van der Waals surface area contributed by atoms with Crippen molar-refractivity contribution in [2.24, 2.45) is 0 Å². The van der Waals surface area contributed by atoms with Crippen LogP contribution in [0.5, 0.6) is 5.88 Å². The molecular formula is C16H21N3O2. The van der Waals surface area contributed by atoms with Crippen molar-refractivity contribution >= 4 is 22.9 Å². The summed E-state index contributed by atoms with van der Waals surface area (Å²) in [6.07, 6.45) is 9.14. The number of aromatic nitrogens is 3. The molecule has 5 heteroatoms. The quantitative estimate of drug-likeness (QED) is 0.846. The van der Waals surface area contributed by atoms with Crippen molar-refractivity contribution in [2.45, 2.75) is 46.1 Å². The highest BCUT2D eigenvalue weighted by atomic mass is 16.5.